The minimum absolute atomic E-state index is 0.0410. The van der Waals surface area contributed by atoms with Gasteiger partial charge in [-0.05, 0) is 42.8 Å². The maximum absolute atomic E-state index is 12.6. The predicted octanol–water partition coefficient (Wildman–Crippen LogP) is 4.14. The Morgan fingerprint density at radius 1 is 1.22 bits per heavy atom. The Labute approximate surface area is 157 Å². The molecule has 9 heteroatoms. The van der Waals surface area contributed by atoms with Gasteiger partial charge in [0.05, 0.1) is 10.6 Å². The fourth-order valence-corrected chi connectivity index (χ4v) is 2.33. The van der Waals surface area contributed by atoms with Crippen LogP contribution in [0.3, 0.4) is 0 Å². The first-order valence-electron chi connectivity index (χ1n) is 7.70. The highest BCUT2D eigenvalue weighted by Crippen LogP contribution is 2.34. The third-order valence-electron chi connectivity index (χ3n) is 3.56. The smallest absolute Gasteiger partial charge is 0.416 e. The summed E-state index contributed by atoms with van der Waals surface area (Å²) in [6, 6.07) is 7.91. The lowest BCUT2D eigenvalue weighted by Gasteiger charge is -2.12. The summed E-state index contributed by atoms with van der Waals surface area (Å²) in [5, 5.41) is 11.0. The van der Waals surface area contributed by atoms with Crippen molar-refractivity contribution in [3.8, 4) is 5.75 Å². The Hall–Kier alpha value is -2.74. The Morgan fingerprint density at radius 3 is 2.52 bits per heavy atom. The van der Waals surface area contributed by atoms with Crippen LogP contribution in [0.2, 0.25) is 5.02 Å². The van der Waals surface area contributed by atoms with E-state index in [1.165, 1.54) is 19.1 Å². The molecular formula is C18H15ClF3NO4. The number of benzene rings is 2. The van der Waals surface area contributed by atoms with E-state index in [0.29, 0.717) is 5.56 Å². The van der Waals surface area contributed by atoms with Crippen molar-refractivity contribution in [2.24, 2.45) is 0 Å². The summed E-state index contributed by atoms with van der Waals surface area (Å²) >= 11 is 5.83. The van der Waals surface area contributed by atoms with Crippen molar-refractivity contribution in [3.63, 3.8) is 0 Å². The van der Waals surface area contributed by atoms with E-state index >= 15 is 0 Å². The summed E-state index contributed by atoms with van der Waals surface area (Å²) in [6.07, 6.45) is -4.50. The van der Waals surface area contributed by atoms with Gasteiger partial charge in [-0.25, -0.2) is 0 Å². The number of carboxylic acid groups (broad SMARTS) is 1. The standard InChI is InChI=1S/C18H15ClF3NO4/c1-10(17(25)26)23-16(24)12-4-2-3-11(7-12)9-27-15-6-5-13(8-14(15)19)18(20,21)22/h2-8,10H,9H2,1H3,(H,23,24)(H,25,26)/t10-/m0/s1. The molecule has 0 saturated heterocycles. The minimum Gasteiger partial charge on any atom is -0.487 e. The zero-order valence-electron chi connectivity index (χ0n) is 14.0. The minimum atomic E-state index is -4.50. The first-order chi connectivity index (χ1) is 12.6. The van der Waals surface area contributed by atoms with E-state index < -0.39 is 29.7 Å². The molecule has 2 aromatic rings. The third-order valence-corrected chi connectivity index (χ3v) is 3.86. The number of carbonyl (C=O) groups excluding carboxylic acids is 1. The van der Waals surface area contributed by atoms with E-state index in [0.717, 1.165) is 18.2 Å². The largest absolute Gasteiger partial charge is 0.487 e. The molecule has 0 heterocycles. The summed E-state index contributed by atoms with van der Waals surface area (Å²) in [5.41, 5.74) is -0.102. The lowest BCUT2D eigenvalue weighted by atomic mass is 10.1. The van der Waals surface area contributed by atoms with Gasteiger partial charge in [-0.1, -0.05) is 23.7 Å². The molecule has 0 unspecified atom stereocenters. The molecule has 0 radical (unpaired) electrons. The van der Waals surface area contributed by atoms with Gasteiger partial charge in [-0.15, -0.1) is 0 Å². The van der Waals surface area contributed by atoms with Gasteiger partial charge >= 0.3 is 12.1 Å². The summed E-state index contributed by atoms with van der Waals surface area (Å²) in [6.45, 7) is 1.29. The average Bonchev–Trinajstić information content (AvgIpc) is 2.59. The van der Waals surface area contributed by atoms with Crippen LogP contribution in [0.15, 0.2) is 42.5 Å². The molecule has 1 atom stereocenters. The number of hydrogen-bond donors (Lipinski definition) is 2. The lowest BCUT2D eigenvalue weighted by Crippen LogP contribution is -2.38. The van der Waals surface area contributed by atoms with Crippen LogP contribution in [-0.2, 0) is 17.6 Å². The van der Waals surface area contributed by atoms with Gasteiger partial charge in [0.1, 0.15) is 18.4 Å². The van der Waals surface area contributed by atoms with Crippen LogP contribution in [-0.4, -0.2) is 23.0 Å². The van der Waals surface area contributed by atoms with Crippen LogP contribution in [0.1, 0.15) is 28.4 Å². The van der Waals surface area contributed by atoms with Crippen molar-refractivity contribution in [1.29, 1.82) is 0 Å². The zero-order chi connectivity index (χ0) is 20.2. The van der Waals surface area contributed by atoms with Crippen LogP contribution in [0.25, 0.3) is 0 Å². The van der Waals surface area contributed by atoms with Crippen LogP contribution in [0.5, 0.6) is 5.75 Å². The topological polar surface area (TPSA) is 75.6 Å². The van der Waals surface area contributed by atoms with Gasteiger partial charge in [0.15, 0.2) is 0 Å². The third kappa shape index (κ3) is 5.62. The highest BCUT2D eigenvalue weighted by atomic mass is 35.5. The second-order valence-corrected chi connectivity index (χ2v) is 6.07. The number of halogens is 4. The molecule has 0 aliphatic heterocycles. The van der Waals surface area contributed by atoms with Gasteiger partial charge in [0.2, 0.25) is 0 Å². The molecule has 0 bridgehead atoms. The number of carboxylic acids is 1. The maximum Gasteiger partial charge on any atom is 0.416 e. The molecule has 2 N–H and O–H groups in total. The molecule has 0 spiro atoms. The van der Waals surface area contributed by atoms with Gasteiger partial charge in [-0.3, -0.25) is 9.59 Å². The van der Waals surface area contributed by atoms with E-state index in [-0.39, 0.29) is 22.9 Å². The molecule has 2 aromatic carbocycles. The van der Waals surface area contributed by atoms with Crippen molar-refractivity contribution in [2.75, 3.05) is 0 Å². The van der Waals surface area contributed by atoms with Gasteiger partial charge in [0, 0.05) is 5.56 Å². The Balaban J connectivity index is 2.07. The molecule has 0 fully saturated rings. The quantitative estimate of drug-likeness (QED) is 0.762. The number of ether oxygens (including phenoxy) is 1. The molecule has 27 heavy (non-hydrogen) atoms. The van der Waals surface area contributed by atoms with E-state index in [2.05, 4.69) is 5.32 Å². The molecule has 2 rings (SSSR count). The first kappa shape index (κ1) is 20.6. The Bertz CT molecular complexity index is 855. The van der Waals surface area contributed by atoms with Gasteiger partial charge < -0.3 is 15.2 Å². The number of aliphatic carboxylic acids is 1. The highest BCUT2D eigenvalue weighted by molar-refractivity contribution is 6.32. The van der Waals surface area contributed by atoms with Crippen LogP contribution in [0.4, 0.5) is 13.2 Å². The van der Waals surface area contributed by atoms with E-state index in [9.17, 15) is 22.8 Å². The Kier molecular flexibility index (Phi) is 6.32. The molecule has 0 saturated carbocycles. The lowest BCUT2D eigenvalue weighted by molar-refractivity contribution is -0.139. The summed E-state index contributed by atoms with van der Waals surface area (Å²) in [4.78, 5) is 22.8. The van der Waals surface area contributed by atoms with Crippen LogP contribution in [0, 0.1) is 0 Å². The summed E-state index contributed by atoms with van der Waals surface area (Å²) < 4.78 is 43.3. The van der Waals surface area contributed by atoms with Crippen molar-refractivity contribution in [3.05, 3.63) is 64.2 Å². The summed E-state index contributed by atoms with van der Waals surface area (Å²) in [5.74, 6) is -1.67. The monoisotopic (exact) mass is 401 g/mol. The molecule has 144 valence electrons. The fraction of sp³-hybridized carbons (Fsp3) is 0.222. The number of nitrogens with one attached hydrogen (secondary N) is 1. The van der Waals surface area contributed by atoms with Gasteiger partial charge in [0.25, 0.3) is 5.91 Å². The molecular weight excluding hydrogens is 387 g/mol. The second-order valence-electron chi connectivity index (χ2n) is 5.67. The van der Waals surface area contributed by atoms with Crippen molar-refractivity contribution in [2.45, 2.75) is 25.7 Å². The first-order valence-corrected chi connectivity index (χ1v) is 8.08. The van der Waals surface area contributed by atoms with Gasteiger partial charge in [-0.2, -0.15) is 13.2 Å². The number of hydrogen-bond acceptors (Lipinski definition) is 3. The fourth-order valence-electron chi connectivity index (χ4n) is 2.10. The van der Waals surface area contributed by atoms with E-state index in [1.54, 1.807) is 12.1 Å². The van der Waals surface area contributed by atoms with E-state index in [4.69, 9.17) is 21.4 Å². The number of alkyl halides is 3. The van der Waals surface area contributed by atoms with Crippen LogP contribution < -0.4 is 10.1 Å². The molecule has 0 aliphatic carbocycles. The molecule has 1 amide bonds. The second kappa shape index (κ2) is 8.30. The average molecular weight is 402 g/mol. The number of rotatable bonds is 6. The summed E-state index contributed by atoms with van der Waals surface area (Å²) in [7, 11) is 0. The van der Waals surface area contributed by atoms with Crippen molar-refractivity contribution >= 4 is 23.5 Å². The SMILES string of the molecule is C[C@H](NC(=O)c1cccc(COc2ccc(C(F)(F)F)cc2Cl)c1)C(=O)O. The number of carbonyl (C=O) groups is 2. The molecule has 0 aliphatic rings. The molecule has 0 aromatic heterocycles. The maximum atomic E-state index is 12.6. The highest BCUT2D eigenvalue weighted by Gasteiger charge is 2.31. The number of amides is 1. The zero-order valence-corrected chi connectivity index (χ0v) is 14.8. The van der Waals surface area contributed by atoms with Crippen molar-refractivity contribution < 1.29 is 32.6 Å². The normalized spacial score (nSPS) is 12.3. The Morgan fingerprint density at radius 2 is 1.93 bits per heavy atom. The van der Waals surface area contributed by atoms with Crippen LogP contribution >= 0.6 is 11.6 Å². The van der Waals surface area contributed by atoms with E-state index in [1.807, 2.05) is 0 Å². The predicted molar refractivity (Wildman–Crippen MR) is 91.8 cm³/mol. The molecule has 5 nitrogen and oxygen atoms in total. The van der Waals surface area contributed by atoms with Crippen molar-refractivity contribution in [1.82, 2.24) is 5.32 Å².